The highest BCUT2D eigenvalue weighted by molar-refractivity contribution is 9.10. The molecule has 7 nitrogen and oxygen atoms in total. The highest BCUT2D eigenvalue weighted by Crippen LogP contribution is 2.17. The number of anilines is 1. The van der Waals surface area contributed by atoms with E-state index in [1.807, 2.05) is 32.0 Å². The van der Waals surface area contributed by atoms with Crippen LogP contribution in [0.2, 0.25) is 0 Å². The molecular weight excluding hydrogens is 426 g/mol. The third-order valence-electron chi connectivity index (χ3n) is 3.76. The van der Waals surface area contributed by atoms with Gasteiger partial charge in [-0.1, -0.05) is 33.6 Å². The largest absolute Gasteiger partial charge is 0.484 e. The number of hydrazine groups is 1. The molecule has 3 N–H and O–H groups in total. The fraction of sp³-hybridized carbons (Fsp3) is 0.250. The fourth-order valence-corrected chi connectivity index (χ4v) is 2.58. The maximum atomic E-state index is 12.0. The lowest BCUT2D eigenvalue weighted by atomic mass is 10.1. The van der Waals surface area contributed by atoms with E-state index in [4.69, 9.17) is 4.74 Å². The maximum absolute atomic E-state index is 12.0. The number of amides is 3. The quantitative estimate of drug-likeness (QED) is 0.568. The third kappa shape index (κ3) is 7.40. The van der Waals surface area contributed by atoms with Crippen LogP contribution in [0.25, 0.3) is 0 Å². The molecule has 0 spiro atoms. The number of halogens is 1. The molecule has 0 fully saturated rings. The van der Waals surface area contributed by atoms with Crippen molar-refractivity contribution in [1.82, 2.24) is 10.9 Å². The van der Waals surface area contributed by atoms with Gasteiger partial charge in [-0.3, -0.25) is 25.2 Å². The van der Waals surface area contributed by atoms with Gasteiger partial charge in [-0.15, -0.1) is 0 Å². The standard InChI is InChI=1S/C20H22BrN3O4/c1-13-3-8-17(14(2)11-13)22-18(25)9-10-19(26)23-24-20(27)12-28-16-6-4-15(21)5-7-16/h3-8,11H,9-10,12H2,1-2H3,(H,22,25)(H,23,26)(H,24,27). The molecule has 0 aliphatic carbocycles. The second-order valence-corrected chi connectivity index (χ2v) is 7.12. The van der Waals surface area contributed by atoms with Gasteiger partial charge in [0.1, 0.15) is 5.75 Å². The molecule has 8 heteroatoms. The Hall–Kier alpha value is -2.87. The van der Waals surface area contributed by atoms with Crippen molar-refractivity contribution in [2.24, 2.45) is 0 Å². The molecule has 0 aromatic heterocycles. The Morgan fingerprint density at radius 3 is 2.21 bits per heavy atom. The lowest BCUT2D eigenvalue weighted by Gasteiger charge is -2.10. The Bertz CT molecular complexity index is 853. The van der Waals surface area contributed by atoms with Gasteiger partial charge in [0.25, 0.3) is 5.91 Å². The first-order chi connectivity index (χ1) is 13.3. The zero-order valence-corrected chi connectivity index (χ0v) is 17.3. The number of rotatable bonds is 7. The summed E-state index contributed by atoms with van der Waals surface area (Å²) < 4.78 is 6.19. The van der Waals surface area contributed by atoms with Crippen LogP contribution in [0, 0.1) is 13.8 Å². The van der Waals surface area contributed by atoms with Gasteiger partial charge in [0, 0.05) is 23.0 Å². The van der Waals surface area contributed by atoms with Crippen molar-refractivity contribution in [3.8, 4) is 5.75 Å². The molecule has 28 heavy (non-hydrogen) atoms. The molecular formula is C20H22BrN3O4. The number of nitrogens with one attached hydrogen (secondary N) is 3. The summed E-state index contributed by atoms with van der Waals surface area (Å²) in [5.41, 5.74) is 7.29. The highest BCUT2D eigenvalue weighted by Gasteiger charge is 2.10. The zero-order chi connectivity index (χ0) is 20.5. The summed E-state index contributed by atoms with van der Waals surface area (Å²) in [7, 11) is 0. The third-order valence-corrected chi connectivity index (χ3v) is 4.29. The van der Waals surface area contributed by atoms with E-state index in [1.165, 1.54) is 0 Å². The second kappa shape index (κ2) is 10.5. The first-order valence-corrected chi connectivity index (χ1v) is 9.46. The molecule has 0 heterocycles. The summed E-state index contributed by atoms with van der Waals surface area (Å²) in [4.78, 5) is 35.4. The topological polar surface area (TPSA) is 96.5 Å². The molecule has 0 aliphatic rings. The summed E-state index contributed by atoms with van der Waals surface area (Å²) >= 11 is 3.30. The van der Waals surface area contributed by atoms with E-state index in [9.17, 15) is 14.4 Å². The number of carbonyl (C=O) groups excluding carboxylic acids is 3. The van der Waals surface area contributed by atoms with Gasteiger partial charge < -0.3 is 10.1 Å². The minimum Gasteiger partial charge on any atom is -0.484 e. The second-order valence-electron chi connectivity index (χ2n) is 6.21. The molecule has 0 atom stereocenters. The van der Waals surface area contributed by atoms with Crippen molar-refractivity contribution in [1.29, 1.82) is 0 Å². The van der Waals surface area contributed by atoms with Crippen molar-refractivity contribution < 1.29 is 19.1 Å². The predicted octanol–water partition coefficient (Wildman–Crippen LogP) is 3.01. The fourth-order valence-electron chi connectivity index (χ4n) is 2.31. The van der Waals surface area contributed by atoms with Gasteiger partial charge >= 0.3 is 0 Å². The average Bonchev–Trinajstić information content (AvgIpc) is 2.66. The molecule has 0 aliphatic heterocycles. The minimum atomic E-state index is -0.504. The van der Waals surface area contributed by atoms with Gasteiger partial charge in [0.05, 0.1) is 0 Å². The van der Waals surface area contributed by atoms with E-state index < -0.39 is 11.8 Å². The van der Waals surface area contributed by atoms with E-state index in [-0.39, 0.29) is 25.4 Å². The van der Waals surface area contributed by atoms with Crippen LogP contribution in [0.3, 0.4) is 0 Å². The van der Waals surface area contributed by atoms with Gasteiger partial charge in [0.2, 0.25) is 11.8 Å². The van der Waals surface area contributed by atoms with Gasteiger partial charge in [-0.2, -0.15) is 0 Å². The van der Waals surface area contributed by atoms with E-state index in [1.54, 1.807) is 24.3 Å². The monoisotopic (exact) mass is 447 g/mol. The molecule has 0 saturated carbocycles. The number of aryl methyl sites for hydroxylation is 2. The van der Waals surface area contributed by atoms with Crippen LogP contribution in [0.15, 0.2) is 46.9 Å². The number of carbonyl (C=O) groups is 3. The molecule has 0 radical (unpaired) electrons. The van der Waals surface area contributed by atoms with Gasteiger partial charge in [0.15, 0.2) is 6.61 Å². The summed E-state index contributed by atoms with van der Waals surface area (Å²) in [6.45, 7) is 3.64. The van der Waals surface area contributed by atoms with Crippen molar-refractivity contribution in [2.75, 3.05) is 11.9 Å². The Morgan fingerprint density at radius 1 is 0.893 bits per heavy atom. The Morgan fingerprint density at radius 2 is 1.54 bits per heavy atom. The van der Waals surface area contributed by atoms with E-state index in [0.29, 0.717) is 5.75 Å². The summed E-state index contributed by atoms with van der Waals surface area (Å²) in [6, 6.07) is 12.7. The Kier molecular flexibility index (Phi) is 8.01. The summed E-state index contributed by atoms with van der Waals surface area (Å²) in [5, 5.41) is 2.77. The smallest absolute Gasteiger partial charge is 0.276 e. The maximum Gasteiger partial charge on any atom is 0.276 e. The SMILES string of the molecule is Cc1ccc(NC(=O)CCC(=O)NNC(=O)COc2ccc(Br)cc2)c(C)c1. The molecule has 0 bridgehead atoms. The molecule has 2 aromatic carbocycles. The van der Waals surface area contributed by atoms with Crippen LogP contribution in [0.4, 0.5) is 5.69 Å². The molecule has 2 aromatic rings. The van der Waals surface area contributed by atoms with Crippen LogP contribution in [-0.2, 0) is 14.4 Å². The van der Waals surface area contributed by atoms with Crippen molar-refractivity contribution in [3.63, 3.8) is 0 Å². The van der Waals surface area contributed by atoms with Crippen molar-refractivity contribution >= 4 is 39.3 Å². The van der Waals surface area contributed by atoms with Crippen LogP contribution in [0.1, 0.15) is 24.0 Å². The number of hydrogen-bond acceptors (Lipinski definition) is 4. The predicted molar refractivity (Wildman–Crippen MR) is 110 cm³/mol. The van der Waals surface area contributed by atoms with E-state index in [2.05, 4.69) is 32.1 Å². The van der Waals surface area contributed by atoms with Crippen LogP contribution in [-0.4, -0.2) is 24.3 Å². The van der Waals surface area contributed by atoms with E-state index in [0.717, 1.165) is 21.3 Å². The van der Waals surface area contributed by atoms with Crippen LogP contribution in [0.5, 0.6) is 5.75 Å². The van der Waals surface area contributed by atoms with E-state index >= 15 is 0 Å². The highest BCUT2D eigenvalue weighted by atomic mass is 79.9. The first kappa shape index (κ1) is 21.4. The summed E-state index contributed by atoms with van der Waals surface area (Å²) in [5.74, 6) is -0.705. The lowest BCUT2D eigenvalue weighted by molar-refractivity contribution is -0.130. The summed E-state index contributed by atoms with van der Waals surface area (Å²) in [6.07, 6.45) is -0.0466. The minimum absolute atomic E-state index is 0.00438. The molecule has 148 valence electrons. The van der Waals surface area contributed by atoms with Crippen molar-refractivity contribution in [2.45, 2.75) is 26.7 Å². The zero-order valence-electron chi connectivity index (χ0n) is 15.7. The lowest BCUT2D eigenvalue weighted by Crippen LogP contribution is -2.44. The number of benzene rings is 2. The number of ether oxygens (including phenoxy) is 1. The normalized spacial score (nSPS) is 10.1. The molecule has 3 amide bonds. The molecule has 0 unspecified atom stereocenters. The van der Waals surface area contributed by atoms with Crippen molar-refractivity contribution in [3.05, 3.63) is 58.1 Å². The van der Waals surface area contributed by atoms with Gasteiger partial charge in [-0.05, 0) is 49.7 Å². The molecule has 2 rings (SSSR count). The average molecular weight is 448 g/mol. The number of hydrogen-bond donors (Lipinski definition) is 3. The Labute approximate surface area is 171 Å². The van der Waals surface area contributed by atoms with Crippen LogP contribution < -0.4 is 20.9 Å². The molecule has 0 saturated heterocycles. The van der Waals surface area contributed by atoms with Gasteiger partial charge in [-0.25, -0.2) is 0 Å². The van der Waals surface area contributed by atoms with Crippen LogP contribution >= 0.6 is 15.9 Å². The Balaban J connectivity index is 1.65. The first-order valence-electron chi connectivity index (χ1n) is 8.66.